The van der Waals surface area contributed by atoms with Crippen LogP contribution in [0.4, 0.5) is 0 Å². The van der Waals surface area contributed by atoms with Gasteiger partial charge in [0.1, 0.15) is 6.10 Å². The zero-order chi connectivity index (χ0) is 14.6. The van der Waals surface area contributed by atoms with Crippen molar-refractivity contribution in [2.24, 2.45) is 5.73 Å². The van der Waals surface area contributed by atoms with E-state index in [1.54, 1.807) is 0 Å². The molecule has 3 N–H and O–H groups in total. The van der Waals surface area contributed by atoms with E-state index in [0.29, 0.717) is 5.82 Å². The Hall–Kier alpha value is -1.72. The number of aromatic nitrogens is 2. The Labute approximate surface area is 118 Å². The van der Waals surface area contributed by atoms with Crippen molar-refractivity contribution in [2.45, 2.75) is 38.2 Å². The quantitative estimate of drug-likeness (QED) is 0.844. The summed E-state index contributed by atoms with van der Waals surface area (Å²) >= 11 is 0. The molecule has 0 aliphatic carbocycles. The van der Waals surface area contributed by atoms with Gasteiger partial charge in [0.2, 0.25) is 0 Å². The molecule has 1 atom stereocenters. The van der Waals surface area contributed by atoms with Crippen LogP contribution in [0.5, 0.6) is 0 Å². The second-order valence-corrected chi connectivity index (χ2v) is 4.86. The fourth-order valence-corrected chi connectivity index (χ4v) is 2.53. The maximum Gasteiger partial charge on any atom is 0.256 e. The number of aliphatic hydroxyl groups excluding tert-OH is 1. The second kappa shape index (κ2) is 6.15. The molecule has 0 radical (unpaired) electrons. The van der Waals surface area contributed by atoms with Crippen molar-refractivity contribution in [1.82, 2.24) is 10.1 Å². The van der Waals surface area contributed by atoms with E-state index in [1.807, 2.05) is 18.2 Å². The molecule has 2 rings (SSSR count). The van der Waals surface area contributed by atoms with Gasteiger partial charge in [-0.25, -0.2) is 0 Å². The number of hydrogen-bond acceptors (Lipinski definition) is 5. The summed E-state index contributed by atoms with van der Waals surface area (Å²) in [5.41, 5.74) is 6.28. The standard InChI is InChI=1S/C15H21N3O2/c1-3-15(4-2,11-8-6-5-7-9-11)14-17-13(20-18-14)12(19)10-16/h5-9,12,19H,3-4,10,16H2,1-2H3/t12-/m0/s1. The van der Waals surface area contributed by atoms with Gasteiger partial charge in [-0.05, 0) is 18.4 Å². The molecular formula is C15H21N3O2. The molecule has 0 spiro atoms. The third kappa shape index (κ3) is 2.46. The van der Waals surface area contributed by atoms with Crippen LogP contribution < -0.4 is 5.73 Å². The lowest BCUT2D eigenvalue weighted by Crippen LogP contribution is -2.27. The Kier molecular flexibility index (Phi) is 4.52. The number of nitrogens with two attached hydrogens (primary N) is 1. The summed E-state index contributed by atoms with van der Waals surface area (Å²) in [6, 6.07) is 10.1. The van der Waals surface area contributed by atoms with Crippen LogP contribution in [0.15, 0.2) is 34.9 Å². The predicted octanol–water partition coefficient (Wildman–Crippen LogP) is 2.17. The summed E-state index contributed by atoms with van der Waals surface area (Å²) in [5, 5.41) is 13.8. The number of hydrogen-bond donors (Lipinski definition) is 2. The van der Waals surface area contributed by atoms with Crippen molar-refractivity contribution in [2.75, 3.05) is 6.54 Å². The van der Waals surface area contributed by atoms with Gasteiger partial charge in [0.15, 0.2) is 5.82 Å². The highest BCUT2D eigenvalue weighted by Crippen LogP contribution is 2.37. The highest BCUT2D eigenvalue weighted by molar-refractivity contribution is 5.32. The molecule has 0 aliphatic rings. The molecule has 1 aromatic carbocycles. The fourth-order valence-electron chi connectivity index (χ4n) is 2.53. The third-order valence-corrected chi connectivity index (χ3v) is 3.91. The van der Waals surface area contributed by atoms with Crippen molar-refractivity contribution in [3.8, 4) is 0 Å². The van der Waals surface area contributed by atoms with Crippen LogP contribution in [0.3, 0.4) is 0 Å². The monoisotopic (exact) mass is 275 g/mol. The van der Waals surface area contributed by atoms with Gasteiger partial charge in [-0.1, -0.05) is 49.3 Å². The van der Waals surface area contributed by atoms with E-state index in [9.17, 15) is 5.11 Å². The van der Waals surface area contributed by atoms with E-state index < -0.39 is 6.10 Å². The SMILES string of the molecule is CCC(CC)(c1ccccc1)c1noc([C@@H](O)CN)n1. The van der Waals surface area contributed by atoms with Gasteiger partial charge in [-0.2, -0.15) is 4.98 Å². The van der Waals surface area contributed by atoms with E-state index in [1.165, 1.54) is 0 Å². The van der Waals surface area contributed by atoms with E-state index >= 15 is 0 Å². The van der Waals surface area contributed by atoms with Crippen LogP contribution in [-0.4, -0.2) is 21.8 Å². The Bertz CT molecular complexity index is 535. The Morgan fingerprint density at radius 1 is 1.25 bits per heavy atom. The van der Waals surface area contributed by atoms with Crippen LogP contribution in [0, 0.1) is 0 Å². The predicted molar refractivity (Wildman–Crippen MR) is 76.1 cm³/mol. The smallest absolute Gasteiger partial charge is 0.256 e. The lowest BCUT2D eigenvalue weighted by molar-refractivity contribution is 0.141. The number of benzene rings is 1. The van der Waals surface area contributed by atoms with Gasteiger partial charge in [0, 0.05) is 6.54 Å². The van der Waals surface area contributed by atoms with Crippen molar-refractivity contribution >= 4 is 0 Å². The minimum Gasteiger partial charge on any atom is -0.382 e. The van der Waals surface area contributed by atoms with E-state index in [0.717, 1.165) is 18.4 Å². The van der Waals surface area contributed by atoms with Crippen LogP contribution in [0.25, 0.3) is 0 Å². The van der Waals surface area contributed by atoms with Crippen molar-refractivity contribution < 1.29 is 9.63 Å². The minimum atomic E-state index is -0.904. The molecule has 1 heterocycles. The molecular weight excluding hydrogens is 254 g/mol. The number of aliphatic hydroxyl groups is 1. The molecule has 5 heteroatoms. The zero-order valence-corrected chi connectivity index (χ0v) is 11.9. The van der Waals surface area contributed by atoms with Gasteiger partial charge in [0.05, 0.1) is 5.41 Å². The first-order chi connectivity index (χ1) is 9.67. The first kappa shape index (κ1) is 14.7. The van der Waals surface area contributed by atoms with E-state index in [-0.39, 0.29) is 17.9 Å². The third-order valence-electron chi connectivity index (χ3n) is 3.91. The molecule has 20 heavy (non-hydrogen) atoms. The van der Waals surface area contributed by atoms with Crippen molar-refractivity contribution in [1.29, 1.82) is 0 Å². The van der Waals surface area contributed by atoms with Crippen molar-refractivity contribution in [3.63, 3.8) is 0 Å². The molecule has 0 bridgehead atoms. The minimum absolute atomic E-state index is 0.0677. The Morgan fingerprint density at radius 2 is 1.90 bits per heavy atom. The largest absolute Gasteiger partial charge is 0.382 e. The van der Waals surface area contributed by atoms with E-state index in [4.69, 9.17) is 10.3 Å². The highest BCUT2D eigenvalue weighted by atomic mass is 16.5. The summed E-state index contributed by atoms with van der Waals surface area (Å²) in [6.45, 7) is 4.27. The van der Waals surface area contributed by atoms with Crippen LogP contribution in [0.2, 0.25) is 0 Å². The summed E-state index contributed by atoms with van der Waals surface area (Å²) < 4.78 is 5.16. The van der Waals surface area contributed by atoms with Gasteiger partial charge in [-0.15, -0.1) is 0 Å². The lowest BCUT2D eigenvalue weighted by Gasteiger charge is -2.28. The van der Waals surface area contributed by atoms with Gasteiger partial charge in [0.25, 0.3) is 5.89 Å². The molecule has 108 valence electrons. The van der Waals surface area contributed by atoms with Crippen LogP contribution in [-0.2, 0) is 5.41 Å². The van der Waals surface area contributed by atoms with Crippen molar-refractivity contribution in [3.05, 3.63) is 47.6 Å². The molecule has 0 fully saturated rings. The molecule has 0 amide bonds. The number of nitrogens with zero attached hydrogens (tertiary/aromatic N) is 2. The maximum absolute atomic E-state index is 9.70. The maximum atomic E-state index is 9.70. The Balaban J connectivity index is 2.46. The molecule has 0 unspecified atom stereocenters. The Morgan fingerprint density at radius 3 is 2.45 bits per heavy atom. The fraction of sp³-hybridized carbons (Fsp3) is 0.467. The molecule has 0 aliphatic heterocycles. The first-order valence-electron chi connectivity index (χ1n) is 6.95. The van der Waals surface area contributed by atoms with E-state index in [2.05, 4.69) is 36.1 Å². The normalized spacial score (nSPS) is 13.4. The molecule has 5 nitrogen and oxygen atoms in total. The highest BCUT2D eigenvalue weighted by Gasteiger charge is 2.36. The molecule has 2 aromatic rings. The molecule has 0 saturated heterocycles. The first-order valence-corrected chi connectivity index (χ1v) is 6.95. The van der Waals surface area contributed by atoms with Crippen LogP contribution >= 0.6 is 0 Å². The molecule has 1 aromatic heterocycles. The summed E-state index contributed by atoms with van der Waals surface area (Å²) in [6.07, 6.45) is 0.801. The van der Waals surface area contributed by atoms with Gasteiger partial charge < -0.3 is 15.4 Å². The van der Waals surface area contributed by atoms with Crippen LogP contribution in [0.1, 0.15) is 50.1 Å². The molecule has 0 saturated carbocycles. The van der Waals surface area contributed by atoms with Gasteiger partial charge in [-0.3, -0.25) is 0 Å². The average Bonchev–Trinajstić information content (AvgIpc) is 3.00. The summed E-state index contributed by atoms with van der Waals surface area (Å²) in [7, 11) is 0. The lowest BCUT2D eigenvalue weighted by atomic mass is 9.75. The summed E-state index contributed by atoms with van der Waals surface area (Å²) in [5.74, 6) is 0.793. The summed E-state index contributed by atoms with van der Waals surface area (Å²) in [4.78, 5) is 4.36. The zero-order valence-electron chi connectivity index (χ0n) is 11.9. The van der Waals surface area contributed by atoms with Gasteiger partial charge >= 0.3 is 0 Å². The topological polar surface area (TPSA) is 85.2 Å². The number of rotatable bonds is 6. The second-order valence-electron chi connectivity index (χ2n) is 4.86. The average molecular weight is 275 g/mol.